The summed E-state index contributed by atoms with van der Waals surface area (Å²) >= 11 is 0. The summed E-state index contributed by atoms with van der Waals surface area (Å²) in [5.74, 6) is -1.40. The van der Waals surface area contributed by atoms with E-state index in [9.17, 15) is 19.1 Å². The van der Waals surface area contributed by atoms with E-state index in [1.807, 2.05) is 0 Å². The number of carbonyl (C=O) groups excluding carboxylic acids is 1. The Labute approximate surface area is 135 Å². The largest absolute Gasteiger partial charge is 0.480 e. The maximum Gasteiger partial charge on any atom is 0.411 e. The number of ether oxygens (including phenoxy) is 1. The summed E-state index contributed by atoms with van der Waals surface area (Å²) in [4.78, 5) is 24.9. The van der Waals surface area contributed by atoms with Gasteiger partial charge in [0.1, 0.15) is 17.5 Å². The number of amides is 1. The molecule has 0 radical (unpaired) electrons. The van der Waals surface area contributed by atoms with Gasteiger partial charge >= 0.3 is 12.1 Å². The van der Waals surface area contributed by atoms with Crippen molar-refractivity contribution in [3.8, 4) is 0 Å². The van der Waals surface area contributed by atoms with Crippen LogP contribution in [0, 0.1) is 11.7 Å². The second kappa shape index (κ2) is 6.56. The molecule has 0 unspecified atom stereocenters. The molecule has 2 atom stereocenters. The van der Waals surface area contributed by atoms with Gasteiger partial charge in [0.2, 0.25) is 0 Å². The Morgan fingerprint density at radius 2 is 2.09 bits per heavy atom. The number of hydrogen-bond acceptors (Lipinski definition) is 3. The van der Waals surface area contributed by atoms with E-state index in [1.54, 1.807) is 32.9 Å². The molecular weight excluding hydrogens is 301 g/mol. The molecule has 1 heterocycles. The number of carboxylic acids is 1. The summed E-state index contributed by atoms with van der Waals surface area (Å²) in [6, 6.07) is 5.33. The van der Waals surface area contributed by atoms with Gasteiger partial charge in [-0.15, -0.1) is 0 Å². The van der Waals surface area contributed by atoms with E-state index in [2.05, 4.69) is 0 Å². The lowest BCUT2D eigenvalue weighted by Crippen LogP contribution is -2.43. The first kappa shape index (κ1) is 17.2. The first-order valence-electron chi connectivity index (χ1n) is 7.62. The first-order valence-corrected chi connectivity index (χ1v) is 7.62. The van der Waals surface area contributed by atoms with Crippen LogP contribution < -0.4 is 0 Å². The van der Waals surface area contributed by atoms with Crippen molar-refractivity contribution < 1.29 is 23.8 Å². The van der Waals surface area contributed by atoms with Crippen LogP contribution in [0.1, 0.15) is 32.8 Å². The maximum absolute atomic E-state index is 13.3. The van der Waals surface area contributed by atoms with Crippen molar-refractivity contribution >= 4 is 12.1 Å². The maximum atomic E-state index is 13.3. The van der Waals surface area contributed by atoms with Crippen molar-refractivity contribution in [2.45, 2.75) is 45.3 Å². The summed E-state index contributed by atoms with van der Waals surface area (Å²) in [5, 5.41) is 9.35. The monoisotopic (exact) mass is 323 g/mol. The molecule has 1 aliphatic heterocycles. The zero-order chi connectivity index (χ0) is 17.2. The molecule has 2 rings (SSSR count). The van der Waals surface area contributed by atoms with Gasteiger partial charge in [-0.2, -0.15) is 0 Å². The van der Waals surface area contributed by atoms with Crippen molar-refractivity contribution in [1.29, 1.82) is 0 Å². The Morgan fingerprint density at radius 3 is 2.65 bits per heavy atom. The molecule has 6 heteroatoms. The average molecular weight is 323 g/mol. The number of nitrogens with zero attached hydrogens (tertiary/aromatic N) is 1. The molecule has 1 aromatic rings. The van der Waals surface area contributed by atoms with Gasteiger partial charge in [-0.1, -0.05) is 12.1 Å². The summed E-state index contributed by atoms with van der Waals surface area (Å²) < 4.78 is 18.5. The van der Waals surface area contributed by atoms with Crippen LogP contribution in [0.15, 0.2) is 24.3 Å². The summed E-state index contributed by atoms with van der Waals surface area (Å²) in [6.45, 7) is 5.51. The van der Waals surface area contributed by atoms with E-state index in [0.717, 1.165) is 5.56 Å². The van der Waals surface area contributed by atoms with Crippen LogP contribution in [-0.4, -0.2) is 40.3 Å². The zero-order valence-electron chi connectivity index (χ0n) is 13.6. The van der Waals surface area contributed by atoms with Crippen molar-refractivity contribution in [3.05, 3.63) is 35.6 Å². The van der Waals surface area contributed by atoms with Crippen molar-refractivity contribution in [2.24, 2.45) is 5.92 Å². The first-order chi connectivity index (χ1) is 10.7. The molecule has 1 aliphatic rings. The fourth-order valence-electron chi connectivity index (χ4n) is 2.82. The molecule has 1 saturated heterocycles. The van der Waals surface area contributed by atoms with E-state index in [-0.39, 0.29) is 11.7 Å². The second-order valence-electron chi connectivity index (χ2n) is 6.92. The van der Waals surface area contributed by atoms with Gasteiger partial charge in [0, 0.05) is 6.54 Å². The van der Waals surface area contributed by atoms with Gasteiger partial charge in [-0.05, 0) is 57.2 Å². The molecule has 126 valence electrons. The number of rotatable bonds is 3. The number of carboxylic acid groups (broad SMARTS) is 1. The van der Waals surface area contributed by atoms with E-state index in [1.165, 1.54) is 17.0 Å². The minimum Gasteiger partial charge on any atom is -0.480 e. The van der Waals surface area contributed by atoms with Crippen LogP contribution in [0.2, 0.25) is 0 Å². The van der Waals surface area contributed by atoms with E-state index < -0.39 is 23.7 Å². The van der Waals surface area contributed by atoms with Gasteiger partial charge < -0.3 is 9.84 Å². The molecular formula is C17H22FNO4. The fraction of sp³-hybridized carbons (Fsp3) is 0.529. The van der Waals surface area contributed by atoms with Gasteiger partial charge in [0.15, 0.2) is 0 Å². The Balaban J connectivity index is 2.08. The lowest BCUT2D eigenvalue weighted by Gasteiger charge is -2.26. The predicted molar refractivity (Wildman–Crippen MR) is 82.6 cm³/mol. The topological polar surface area (TPSA) is 66.8 Å². The second-order valence-corrected chi connectivity index (χ2v) is 6.92. The molecule has 0 aromatic heterocycles. The SMILES string of the molecule is CC(C)(C)OC(=O)N1C[C@@H](Cc2cccc(F)c2)C[C@@H]1C(=O)O. The number of benzene rings is 1. The highest BCUT2D eigenvalue weighted by atomic mass is 19.1. The lowest BCUT2D eigenvalue weighted by atomic mass is 9.97. The molecule has 0 spiro atoms. The van der Waals surface area contributed by atoms with Crippen LogP contribution in [-0.2, 0) is 16.0 Å². The van der Waals surface area contributed by atoms with Gasteiger partial charge in [-0.25, -0.2) is 14.0 Å². The van der Waals surface area contributed by atoms with E-state index in [0.29, 0.717) is 19.4 Å². The number of likely N-dealkylation sites (tertiary alicyclic amines) is 1. The standard InChI is InChI=1S/C17H22FNO4/c1-17(2,3)23-16(22)19-10-12(9-14(19)15(20)21)7-11-5-4-6-13(18)8-11/h4-6,8,12,14H,7,9-10H2,1-3H3,(H,20,21)/t12-,14+/m0/s1. The minimum atomic E-state index is -1.04. The fourth-order valence-corrected chi connectivity index (χ4v) is 2.82. The van der Waals surface area contributed by atoms with Crippen molar-refractivity contribution in [1.82, 2.24) is 4.90 Å². The van der Waals surface area contributed by atoms with E-state index in [4.69, 9.17) is 4.74 Å². The Hall–Kier alpha value is -2.11. The highest BCUT2D eigenvalue weighted by molar-refractivity contribution is 5.81. The number of carbonyl (C=O) groups is 2. The molecule has 1 N–H and O–H groups in total. The van der Waals surface area contributed by atoms with Crippen molar-refractivity contribution in [2.75, 3.05) is 6.54 Å². The normalized spacial score (nSPS) is 21.3. The summed E-state index contributed by atoms with van der Waals surface area (Å²) in [5.41, 5.74) is 0.117. The minimum absolute atomic E-state index is 0.0366. The van der Waals surface area contributed by atoms with Crippen molar-refractivity contribution in [3.63, 3.8) is 0 Å². The highest BCUT2D eigenvalue weighted by Crippen LogP contribution is 2.28. The number of hydrogen-bond donors (Lipinski definition) is 1. The summed E-state index contributed by atoms with van der Waals surface area (Å²) in [7, 11) is 0. The van der Waals surface area contributed by atoms with Crippen LogP contribution in [0.5, 0.6) is 0 Å². The molecule has 0 bridgehead atoms. The zero-order valence-corrected chi connectivity index (χ0v) is 13.6. The molecule has 0 aliphatic carbocycles. The van der Waals surface area contributed by atoms with Crippen LogP contribution in [0.4, 0.5) is 9.18 Å². The third kappa shape index (κ3) is 4.68. The average Bonchev–Trinajstić information content (AvgIpc) is 2.81. The van der Waals surface area contributed by atoms with Gasteiger partial charge in [0.05, 0.1) is 0 Å². The smallest absolute Gasteiger partial charge is 0.411 e. The molecule has 5 nitrogen and oxygen atoms in total. The Kier molecular flexibility index (Phi) is 4.92. The Bertz CT molecular complexity index is 597. The van der Waals surface area contributed by atoms with E-state index >= 15 is 0 Å². The van der Waals surface area contributed by atoms with Gasteiger partial charge in [0.25, 0.3) is 0 Å². The highest BCUT2D eigenvalue weighted by Gasteiger charge is 2.41. The number of halogens is 1. The lowest BCUT2D eigenvalue weighted by molar-refractivity contribution is -0.142. The Morgan fingerprint density at radius 1 is 1.39 bits per heavy atom. The molecule has 23 heavy (non-hydrogen) atoms. The van der Waals surface area contributed by atoms with Crippen LogP contribution in [0.25, 0.3) is 0 Å². The summed E-state index contributed by atoms with van der Waals surface area (Å²) in [6.07, 6.45) is 0.248. The third-order valence-electron chi connectivity index (χ3n) is 3.71. The molecule has 0 saturated carbocycles. The number of aliphatic carboxylic acids is 1. The third-order valence-corrected chi connectivity index (χ3v) is 3.71. The van der Waals surface area contributed by atoms with Crippen LogP contribution >= 0.6 is 0 Å². The predicted octanol–water partition coefficient (Wildman–Crippen LogP) is 3.08. The molecule has 1 fully saturated rings. The quantitative estimate of drug-likeness (QED) is 0.928. The van der Waals surface area contributed by atoms with Crippen LogP contribution in [0.3, 0.4) is 0 Å². The van der Waals surface area contributed by atoms with Gasteiger partial charge in [-0.3, -0.25) is 4.90 Å². The molecule has 1 aromatic carbocycles. The molecule has 1 amide bonds.